The minimum atomic E-state index is 1.12. The fraction of sp³-hybridized carbons (Fsp3) is 0. The minimum Gasteiger partial charge on any atom is -0.310 e. The summed E-state index contributed by atoms with van der Waals surface area (Å²) in [6.07, 6.45) is 0. The monoisotopic (exact) mass is 692 g/mol. The SMILES string of the molecule is c1ccc(-c2ccc3cc(N(c4ccc5c6ccccc6n(-c6ccccc6)c5c4)c4cccc5sc6c7ccccc7ccc6c45)ccc3c2)cc1. The van der Waals surface area contributed by atoms with E-state index in [1.54, 1.807) is 0 Å². The molecule has 0 radical (unpaired) electrons. The van der Waals surface area contributed by atoms with Crippen molar-refractivity contribution < 1.29 is 0 Å². The highest BCUT2D eigenvalue weighted by atomic mass is 32.1. The van der Waals surface area contributed by atoms with Crippen LogP contribution in [0.1, 0.15) is 0 Å². The first-order chi connectivity index (χ1) is 26.3. The van der Waals surface area contributed by atoms with Crippen LogP contribution in [0, 0.1) is 0 Å². The summed E-state index contributed by atoms with van der Waals surface area (Å²) in [5.74, 6) is 0. The van der Waals surface area contributed by atoms with E-state index in [1.807, 2.05) is 11.3 Å². The Morgan fingerprint density at radius 2 is 1.06 bits per heavy atom. The van der Waals surface area contributed by atoms with Gasteiger partial charge in [0.05, 0.1) is 16.7 Å². The van der Waals surface area contributed by atoms with E-state index in [1.165, 1.54) is 80.3 Å². The second kappa shape index (κ2) is 11.9. The Kier molecular flexibility index (Phi) is 6.76. The van der Waals surface area contributed by atoms with Crippen LogP contribution in [0.3, 0.4) is 0 Å². The molecule has 0 aliphatic carbocycles. The zero-order valence-corrected chi connectivity index (χ0v) is 29.6. The highest BCUT2D eigenvalue weighted by molar-refractivity contribution is 7.26. The highest BCUT2D eigenvalue weighted by Gasteiger charge is 2.21. The first-order valence-corrected chi connectivity index (χ1v) is 18.9. The smallest absolute Gasteiger partial charge is 0.0561 e. The molecule has 0 fully saturated rings. The quantitative estimate of drug-likeness (QED) is 0.174. The maximum Gasteiger partial charge on any atom is 0.0561 e. The van der Waals surface area contributed by atoms with Crippen LogP contribution in [0.2, 0.25) is 0 Å². The van der Waals surface area contributed by atoms with Crippen molar-refractivity contribution in [1.82, 2.24) is 4.57 Å². The molecule has 0 amide bonds. The summed E-state index contributed by atoms with van der Waals surface area (Å²) in [6.45, 7) is 0. The van der Waals surface area contributed by atoms with Crippen molar-refractivity contribution in [1.29, 1.82) is 0 Å². The largest absolute Gasteiger partial charge is 0.310 e. The number of aromatic nitrogens is 1. The number of anilines is 3. The van der Waals surface area contributed by atoms with Gasteiger partial charge >= 0.3 is 0 Å². The number of thiophene rings is 1. The van der Waals surface area contributed by atoms with Crippen molar-refractivity contribution >= 4 is 91.9 Å². The van der Waals surface area contributed by atoms with Gasteiger partial charge < -0.3 is 9.47 Å². The van der Waals surface area contributed by atoms with E-state index < -0.39 is 0 Å². The number of benzene rings is 9. The Hall–Kier alpha value is -6.68. The second-order valence-electron chi connectivity index (χ2n) is 13.8. The van der Waals surface area contributed by atoms with E-state index >= 15 is 0 Å². The van der Waals surface area contributed by atoms with E-state index in [4.69, 9.17) is 0 Å². The first-order valence-electron chi connectivity index (χ1n) is 18.1. The lowest BCUT2D eigenvalue weighted by atomic mass is 10.00. The van der Waals surface area contributed by atoms with Gasteiger partial charge in [0, 0.05) is 48.0 Å². The maximum atomic E-state index is 2.47. The summed E-state index contributed by atoms with van der Waals surface area (Å²) < 4.78 is 5.02. The average Bonchev–Trinajstić information content (AvgIpc) is 3.78. The van der Waals surface area contributed by atoms with Crippen LogP contribution < -0.4 is 4.90 Å². The van der Waals surface area contributed by atoms with Gasteiger partial charge in [0.2, 0.25) is 0 Å². The molecule has 0 saturated carbocycles. The average molecular weight is 693 g/mol. The zero-order chi connectivity index (χ0) is 34.9. The number of rotatable bonds is 5. The fourth-order valence-electron chi connectivity index (χ4n) is 8.28. The van der Waals surface area contributed by atoms with Crippen LogP contribution in [0.4, 0.5) is 17.1 Å². The molecule has 0 saturated heterocycles. The van der Waals surface area contributed by atoms with Gasteiger partial charge in [-0.2, -0.15) is 0 Å². The van der Waals surface area contributed by atoms with Crippen molar-refractivity contribution in [2.75, 3.05) is 4.90 Å². The van der Waals surface area contributed by atoms with Crippen LogP contribution in [-0.2, 0) is 0 Å². The number of nitrogens with zero attached hydrogens (tertiary/aromatic N) is 2. The first kappa shape index (κ1) is 30.0. The molecule has 0 unspecified atom stereocenters. The molecule has 0 atom stereocenters. The third-order valence-corrected chi connectivity index (χ3v) is 11.9. The van der Waals surface area contributed by atoms with Crippen molar-refractivity contribution in [2.24, 2.45) is 0 Å². The molecule has 2 aromatic heterocycles. The standard InChI is InChI=1S/C50H32N2S/c1-3-12-33(13-4-1)35-22-23-37-31-39(26-24-36(37)30-35)51(46-20-11-21-48-49(46)44-28-25-34-14-7-8-17-41(34)50(44)53-48)40-27-29-43-42-18-9-10-19-45(42)52(47(43)32-40)38-15-5-2-6-16-38/h1-32H. The lowest BCUT2D eigenvalue weighted by Gasteiger charge is -2.27. The van der Waals surface area contributed by atoms with Crippen LogP contribution in [0.25, 0.3) is 80.3 Å². The number of fused-ring (bicyclic) bond motifs is 9. The zero-order valence-electron chi connectivity index (χ0n) is 28.8. The van der Waals surface area contributed by atoms with Crippen LogP contribution in [0.5, 0.6) is 0 Å². The molecule has 0 N–H and O–H groups in total. The fourth-order valence-corrected chi connectivity index (χ4v) is 9.54. The molecule has 0 aliphatic rings. The van der Waals surface area contributed by atoms with Crippen LogP contribution >= 0.6 is 11.3 Å². The lowest BCUT2D eigenvalue weighted by molar-refractivity contribution is 1.18. The van der Waals surface area contributed by atoms with E-state index in [9.17, 15) is 0 Å². The van der Waals surface area contributed by atoms with Crippen molar-refractivity contribution in [2.45, 2.75) is 0 Å². The van der Waals surface area contributed by atoms with Gasteiger partial charge in [-0.1, -0.05) is 133 Å². The molecule has 53 heavy (non-hydrogen) atoms. The number of para-hydroxylation sites is 2. The molecular weight excluding hydrogens is 661 g/mol. The second-order valence-corrected chi connectivity index (χ2v) is 14.8. The third kappa shape index (κ3) is 4.78. The van der Waals surface area contributed by atoms with Crippen molar-refractivity contribution in [3.63, 3.8) is 0 Å². The highest BCUT2D eigenvalue weighted by Crippen LogP contribution is 2.48. The van der Waals surface area contributed by atoms with Gasteiger partial charge in [0.1, 0.15) is 0 Å². The Morgan fingerprint density at radius 3 is 1.94 bits per heavy atom. The minimum absolute atomic E-state index is 1.12. The van der Waals surface area contributed by atoms with Gasteiger partial charge in [0.15, 0.2) is 0 Å². The van der Waals surface area contributed by atoms with Crippen LogP contribution in [0.15, 0.2) is 194 Å². The Morgan fingerprint density at radius 1 is 0.396 bits per heavy atom. The van der Waals surface area contributed by atoms with Gasteiger partial charge in [-0.15, -0.1) is 11.3 Å². The molecule has 11 aromatic rings. The van der Waals surface area contributed by atoms with E-state index in [0.29, 0.717) is 0 Å². The van der Waals surface area contributed by atoms with Crippen LogP contribution in [-0.4, -0.2) is 4.57 Å². The summed E-state index contributed by atoms with van der Waals surface area (Å²) in [5.41, 5.74) is 9.40. The number of hydrogen-bond donors (Lipinski definition) is 0. The summed E-state index contributed by atoms with van der Waals surface area (Å²) >= 11 is 1.89. The summed E-state index contributed by atoms with van der Waals surface area (Å²) in [6, 6.07) is 71.0. The maximum absolute atomic E-state index is 2.47. The van der Waals surface area contributed by atoms with Crippen molar-refractivity contribution in [3.8, 4) is 16.8 Å². The Labute approximate surface area is 311 Å². The normalized spacial score (nSPS) is 11.8. The summed E-state index contributed by atoms with van der Waals surface area (Å²) in [7, 11) is 0. The van der Waals surface area contributed by atoms with Gasteiger partial charge in [-0.25, -0.2) is 0 Å². The Balaban J connectivity index is 1.18. The van der Waals surface area contributed by atoms with E-state index in [2.05, 4.69) is 204 Å². The van der Waals surface area contributed by atoms with Gasteiger partial charge in [-0.05, 0) is 93.3 Å². The molecule has 3 heteroatoms. The molecular formula is C50H32N2S. The number of hydrogen-bond acceptors (Lipinski definition) is 2. The molecule has 248 valence electrons. The molecule has 2 nitrogen and oxygen atoms in total. The lowest BCUT2D eigenvalue weighted by Crippen LogP contribution is -2.10. The topological polar surface area (TPSA) is 8.17 Å². The molecule has 0 spiro atoms. The molecule has 9 aromatic carbocycles. The summed E-state index contributed by atoms with van der Waals surface area (Å²) in [5, 5.41) is 10.1. The molecule has 2 heterocycles. The van der Waals surface area contributed by atoms with E-state index in [0.717, 1.165) is 17.1 Å². The van der Waals surface area contributed by atoms with Crippen molar-refractivity contribution in [3.05, 3.63) is 194 Å². The molecule has 0 aliphatic heterocycles. The third-order valence-electron chi connectivity index (χ3n) is 10.7. The predicted molar refractivity (Wildman–Crippen MR) is 229 cm³/mol. The van der Waals surface area contributed by atoms with E-state index in [-0.39, 0.29) is 0 Å². The van der Waals surface area contributed by atoms with Gasteiger partial charge in [-0.3, -0.25) is 0 Å². The molecule has 0 bridgehead atoms. The summed E-state index contributed by atoms with van der Waals surface area (Å²) in [4.78, 5) is 2.47. The Bertz CT molecular complexity index is 3170. The van der Waals surface area contributed by atoms with Gasteiger partial charge in [0.25, 0.3) is 0 Å². The predicted octanol–water partition coefficient (Wildman–Crippen LogP) is 14.6. The molecule has 11 rings (SSSR count).